The molecule has 0 aliphatic rings. The highest BCUT2D eigenvalue weighted by Gasteiger charge is 2.09. The molecule has 3 N–H and O–H groups in total. The van der Waals surface area contributed by atoms with Crippen LogP contribution in [0.2, 0.25) is 0 Å². The third-order valence-corrected chi connectivity index (χ3v) is 3.02. The van der Waals surface area contributed by atoms with Crippen molar-refractivity contribution in [2.24, 2.45) is 0 Å². The molecule has 6 heteroatoms. The van der Waals surface area contributed by atoms with E-state index in [9.17, 15) is 13.4 Å². The van der Waals surface area contributed by atoms with Crippen molar-refractivity contribution in [3.8, 4) is 0 Å². The highest BCUT2D eigenvalue weighted by molar-refractivity contribution is 7.84. The molecule has 0 radical (unpaired) electrons. The van der Waals surface area contributed by atoms with Gasteiger partial charge in [0.1, 0.15) is 5.82 Å². The van der Waals surface area contributed by atoms with Gasteiger partial charge in [-0.2, -0.15) is 0 Å². The fourth-order valence-electron chi connectivity index (χ4n) is 1.30. The van der Waals surface area contributed by atoms with E-state index in [4.69, 9.17) is 5.73 Å². The number of benzene rings is 1. The van der Waals surface area contributed by atoms with Gasteiger partial charge in [-0.05, 0) is 24.6 Å². The van der Waals surface area contributed by atoms with Gasteiger partial charge in [0.15, 0.2) is 0 Å². The first-order valence-electron chi connectivity index (χ1n) is 5.14. The van der Waals surface area contributed by atoms with Gasteiger partial charge < -0.3 is 11.1 Å². The zero-order valence-electron chi connectivity index (χ0n) is 9.53. The number of rotatable bonds is 5. The molecule has 0 aliphatic heterocycles. The second kappa shape index (κ2) is 6.34. The third-order valence-electron chi connectivity index (χ3n) is 2.15. The maximum absolute atomic E-state index is 12.9. The minimum atomic E-state index is -0.869. The summed E-state index contributed by atoms with van der Waals surface area (Å²) in [7, 11) is -0.869. The van der Waals surface area contributed by atoms with E-state index in [1.54, 1.807) is 6.26 Å². The van der Waals surface area contributed by atoms with Gasteiger partial charge in [-0.15, -0.1) is 0 Å². The number of halogens is 1. The number of hydrogen-bond acceptors (Lipinski definition) is 3. The van der Waals surface area contributed by atoms with Crippen LogP contribution in [0.4, 0.5) is 10.1 Å². The molecule has 17 heavy (non-hydrogen) atoms. The molecule has 1 unspecified atom stereocenters. The van der Waals surface area contributed by atoms with E-state index >= 15 is 0 Å². The maximum atomic E-state index is 12.9. The van der Waals surface area contributed by atoms with Crippen molar-refractivity contribution >= 4 is 22.4 Å². The van der Waals surface area contributed by atoms with Crippen LogP contribution >= 0.6 is 0 Å². The van der Waals surface area contributed by atoms with Crippen molar-refractivity contribution in [3.63, 3.8) is 0 Å². The normalized spacial score (nSPS) is 12.1. The third kappa shape index (κ3) is 4.52. The first-order valence-corrected chi connectivity index (χ1v) is 6.86. The van der Waals surface area contributed by atoms with Gasteiger partial charge in [-0.25, -0.2) is 4.39 Å². The van der Waals surface area contributed by atoms with Crippen LogP contribution in [0.1, 0.15) is 16.8 Å². The van der Waals surface area contributed by atoms with Crippen LogP contribution in [0.3, 0.4) is 0 Å². The minimum Gasteiger partial charge on any atom is -0.398 e. The second-order valence-electron chi connectivity index (χ2n) is 3.62. The monoisotopic (exact) mass is 258 g/mol. The van der Waals surface area contributed by atoms with Crippen LogP contribution in [-0.4, -0.2) is 28.7 Å². The first kappa shape index (κ1) is 13.6. The Morgan fingerprint density at radius 3 is 2.88 bits per heavy atom. The number of nitrogens with two attached hydrogens (primary N) is 1. The Bertz CT molecular complexity index is 437. The summed E-state index contributed by atoms with van der Waals surface area (Å²) in [5.41, 5.74) is 5.93. The zero-order valence-corrected chi connectivity index (χ0v) is 10.3. The standard InChI is InChI=1S/C11H15FN2O2S/c1-17(16)6-2-5-14-11(15)9-7-8(12)3-4-10(9)13/h3-4,7H,2,5-6,13H2,1H3,(H,14,15). The Balaban J connectivity index is 2.52. The zero-order chi connectivity index (χ0) is 12.8. The summed E-state index contributed by atoms with van der Waals surface area (Å²) in [6.45, 7) is 0.397. The number of nitrogens with one attached hydrogen (secondary N) is 1. The molecule has 4 nitrogen and oxygen atoms in total. The fraction of sp³-hybridized carbons (Fsp3) is 0.364. The highest BCUT2D eigenvalue weighted by Crippen LogP contribution is 2.12. The Morgan fingerprint density at radius 1 is 1.53 bits per heavy atom. The molecule has 1 atom stereocenters. The molecule has 0 saturated heterocycles. The number of carbonyl (C=O) groups excluding carboxylic acids is 1. The van der Waals surface area contributed by atoms with Gasteiger partial charge in [0.2, 0.25) is 0 Å². The van der Waals surface area contributed by atoms with Crippen molar-refractivity contribution < 1.29 is 13.4 Å². The van der Waals surface area contributed by atoms with E-state index in [1.807, 2.05) is 0 Å². The average molecular weight is 258 g/mol. The molecule has 1 aromatic rings. The van der Waals surface area contributed by atoms with E-state index in [2.05, 4.69) is 5.32 Å². The highest BCUT2D eigenvalue weighted by atomic mass is 32.2. The Labute approximate surface area is 102 Å². The van der Waals surface area contributed by atoms with Crippen molar-refractivity contribution in [1.82, 2.24) is 5.32 Å². The molecule has 0 heterocycles. The van der Waals surface area contributed by atoms with E-state index in [0.717, 1.165) is 6.07 Å². The summed E-state index contributed by atoms with van der Waals surface area (Å²) < 4.78 is 23.7. The van der Waals surface area contributed by atoms with E-state index in [0.29, 0.717) is 18.7 Å². The van der Waals surface area contributed by atoms with Crippen LogP contribution < -0.4 is 11.1 Å². The molecule has 1 rings (SSSR count). The molecule has 0 bridgehead atoms. The van der Waals surface area contributed by atoms with E-state index in [1.165, 1.54) is 12.1 Å². The molecule has 0 fully saturated rings. The minimum absolute atomic E-state index is 0.127. The lowest BCUT2D eigenvalue weighted by atomic mass is 10.1. The lowest BCUT2D eigenvalue weighted by Gasteiger charge is -2.07. The Kier molecular flexibility index (Phi) is 5.09. The molecule has 1 amide bonds. The smallest absolute Gasteiger partial charge is 0.253 e. The lowest BCUT2D eigenvalue weighted by Crippen LogP contribution is -2.26. The van der Waals surface area contributed by atoms with Crippen molar-refractivity contribution in [2.75, 3.05) is 24.3 Å². The topological polar surface area (TPSA) is 72.2 Å². The number of amides is 1. The summed E-state index contributed by atoms with van der Waals surface area (Å²) >= 11 is 0. The van der Waals surface area contributed by atoms with Gasteiger partial charge in [0, 0.05) is 35.0 Å². The molecule has 94 valence electrons. The lowest BCUT2D eigenvalue weighted by molar-refractivity contribution is 0.0954. The van der Waals surface area contributed by atoms with Crippen LogP contribution in [0.25, 0.3) is 0 Å². The maximum Gasteiger partial charge on any atom is 0.253 e. The van der Waals surface area contributed by atoms with E-state index in [-0.39, 0.29) is 11.3 Å². The predicted molar refractivity (Wildman–Crippen MR) is 66.7 cm³/mol. The number of hydrogen-bond donors (Lipinski definition) is 2. The number of nitrogen functional groups attached to an aromatic ring is 1. The Morgan fingerprint density at radius 2 is 2.24 bits per heavy atom. The number of anilines is 1. The fourth-order valence-corrected chi connectivity index (χ4v) is 1.85. The van der Waals surface area contributed by atoms with Crippen LogP contribution in [-0.2, 0) is 10.8 Å². The van der Waals surface area contributed by atoms with Gasteiger partial charge in [-0.1, -0.05) is 0 Å². The molecule has 0 aliphatic carbocycles. The van der Waals surface area contributed by atoms with E-state index < -0.39 is 22.5 Å². The van der Waals surface area contributed by atoms with Crippen LogP contribution in [0.5, 0.6) is 0 Å². The van der Waals surface area contributed by atoms with Gasteiger partial charge in [0.25, 0.3) is 5.91 Å². The summed E-state index contributed by atoms with van der Waals surface area (Å²) in [4.78, 5) is 11.6. The predicted octanol–water partition coefficient (Wildman–Crippen LogP) is 0.906. The number of carbonyl (C=O) groups is 1. The van der Waals surface area contributed by atoms with Crippen LogP contribution in [0.15, 0.2) is 18.2 Å². The van der Waals surface area contributed by atoms with Crippen molar-refractivity contribution in [2.45, 2.75) is 6.42 Å². The molecule has 0 aromatic heterocycles. The van der Waals surface area contributed by atoms with Crippen molar-refractivity contribution in [1.29, 1.82) is 0 Å². The van der Waals surface area contributed by atoms with Crippen LogP contribution in [0, 0.1) is 5.82 Å². The van der Waals surface area contributed by atoms with Gasteiger partial charge >= 0.3 is 0 Å². The van der Waals surface area contributed by atoms with Crippen molar-refractivity contribution in [3.05, 3.63) is 29.6 Å². The summed E-state index contributed by atoms with van der Waals surface area (Å²) in [5, 5.41) is 2.60. The van der Waals surface area contributed by atoms with Gasteiger partial charge in [-0.3, -0.25) is 9.00 Å². The summed E-state index contributed by atoms with van der Waals surface area (Å²) in [5.74, 6) is -0.387. The molecular weight excluding hydrogens is 243 g/mol. The molecule has 1 aromatic carbocycles. The first-order chi connectivity index (χ1) is 8.00. The summed E-state index contributed by atoms with van der Waals surface area (Å²) in [6.07, 6.45) is 2.22. The second-order valence-corrected chi connectivity index (χ2v) is 5.17. The molecule has 0 spiro atoms. The van der Waals surface area contributed by atoms with Gasteiger partial charge in [0.05, 0.1) is 5.56 Å². The SMILES string of the molecule is CS(=O)CCCNC(=O)c1cc(F)ccc1N. The molecule has 0 saturated carbocycles. The Hall–Kier alpha value is -1.43. The summed E-state index contributed by atoms with van der Waals surface area (Å²) in [6, 6.07) is 3.65. The quantitative estimate of drug-likeness (QED) is 0.609. The largest absolute Gasteiger partial charge is 0.398 e. The molecular formula is C11H15FN2O2S. The average Bonchev–Trinajstić information content (AvgIpc) is 2.27.